The van der Waals surface area contributed by atoms with E-state index in [9.17, 15) is 13.2 Å². The van der Waals surface area contributed by atoms with Crippen LogP contribution < -0.4 is 10.1 Å². The summed E-state index contributed by atoms with van der Waals surface area (Å²) in [6.07, 6.45) is 6.24. The molecule has 0 atom stereocenters. The zero-order chi connectivity index (χ0) is 26.0. The zero-order valence-corrected chi connectivity index (χ0v) is 22.3. The van der Waals surface area contributed by atoms with E-state index in [1.807, 2.05) is 18.2 Å². The van der Waals surface area contributed by atoms with E-state index in [1.165, 1.54) is 19.3 Å². The van der Waals surface area contributed by atoms with Gasteiger partial charge in [-0.2, -0.15) is 0 Å². The first-order valence-corrected chi connectivity index (χ1v) is 14.9. The predicted octanol–water partition coefficient (Wildman–Crippen LogP) is 6.25. The highest BCUT2D eigenvalue weighted by atomic mass is 32.2. The number of nitrogens with zero attached hydrogens (tertiary/aromatic N) is 1. The maximum atomic E-state index is 13.0. The summed E-state index contributed by atoms with van der Waals surface area (Å²) >= 11 is 0. The van der Waals surface area contributed by atoms with E-state index >= 15 is 0 Å². The number of hydrogen-bond donors (Lipinski definition) is 1. The highest BCUT2D eigenvalue weighted by Gasteiger charge is 2.18. The van der Waals surface area contributed by atoms with Crippen molar-refractivity contribution in [3.8, 4) is 5.75 Å². The first kappa shape index (κ1) is 25.3. The number of amides is 1. The number of ether oxygens (including phenoxy) is 1. The Bertz CT molecular complexity index is 1530. The van der Waals surface area contributed by atoms with Crippen LogP contribution in [0.5, 0.6) is 5.75 Å². The molecular formula is C30H34N2O4S. The second-order valence-corrected chi connectivity index (χ2v) is 12.0. The van der Waals surface area contributed by atoms with Crippen LogP contribution in [0.2, 0.25) is 0 Å². The third kappa shape index (κ3) is 5.23. The summed E-state index contributed by atoms with van der Waals surface area (Å²) in [7, 11) is -3.24. The lowest BCUT2D eigenvalue weighted by Crippen LogP contribution is -2.22. The van der Waals surface area contributed by atoms with Crippen LogP contribution in [0.3, 0.4) is 0 Å². The smallest absolute Gasteiger partial charge is 0.251 e. The number of hydrogen-bond acceptors (Lipinski definition) is 4. The van der Waals surface area contributed by atoms with E-state index in [-0.39, 0.29) is 17.8 Å². The molecule has 1 aliphatic rings. The number of benzene rings is 3. The van der Waals surface area contributed by atoms with E-state index in [2.05, 4.69) is 35.0 Å². The summed E-state index contributed by atoms with van der Waals surface area (Å²) in [5.74, 6) is 0.783. The molecule has 1 N–H and O–H groups in total. The normalized spacial score (nSPS) is 14.8. The van der Waals surface area contributed by atoms with E-state index in [0.29, 0.717) is 17.0 Å². The molecule has 0 radical (unpaired) electrons. The van der Waals surface area contributed by atoms with Crippen molar-refractivity contribution in [3.63, 3.8) is 0 Å². The maximum absolute atomic E-state index is 13.0. The zero-order valence-electron chi connectivity index (χ0n) is 21.5. The first-order valence-electron chi connectivity index (χ1n) is 13.2. The lowest BCUT2D eigenvalue weighted by Gasteiger charge is -2.23. The van der Waals surface area contributed by atoms with Crippen LogP contribution >= 0.6 is 0 Å². The lowest BCUT2D eigenvalue weighted by atomic mass is 9.98. The van der Waals surface area contributed by atoms with Gasteiger partial charge in [0.25, 0.3) is 5.91 Å². The van der Waals surface area contributed by atoms with Gasteiger partial charge in [-0.05, 0) is 86.7 Å². The Morgan fingerprint density at radius 1 is 0.919 bits per heavy atom. The Morgan fingerprint density at radius 3 is 2.27 bits per heavy atom. The molecule has 1 amide bonds. The van der Waals surface area contributed by atoms with E-state index in [4.69, 9.17) is 4.74 Å². The van der Waals surface area contributed by atoms with Crippen molar-refractivity contribution < 1.29 is 17.9 Å². The van der Waals surface area contributed by atoms with Gasteiger partial charge in [-0.3, -0.25) is 4.79 Å². The Hall–Kier alpha value is -3.32. The molecule has 4 aromatic rings. The lowest BCUT2D eigenvalue weighted by molar-refractivity contribution is 0.0951. The Morgan fingerprint density at radius 2 is 1.59 bits per heavy atom. The summed E-state index contributed by atoms with van der Waals surface area (Å²) in [4.78, 5) is 13.3. The van der Waals surface area contributed by atoms with E-state index in [0.717, 1.165) is 52.5 Å². The van der Waals surface area contributed by atoms with Gasteiger partial charge in [0.05, 0.1) is 16.8 Å². The topological polar surface area (TPSA) is 77.4 Å². The second-order valence-electron chi connectivity index (χ2n) is 9.76. The molecule has 0 aliphatic heterocycles. The maximum Gasteiger partial charge on any atom is 0.251 e. The molecule has 6 nitrogen and oxygen atoms in total. The average Bonchev–Trinajstić information content (AvgIpc) is 3.24. The number of carbonyl (C=O) groups excluding carboxylic acids is 1. The van der Waals surface area contributed by atoms with Crippen LogP contribution in [0.1, 0.15) is 61.9 Å². The molecule has 3 aromatic carbocycles. The van der Waals surface area contributed by atoms with Crippen molar-refractivity contribution in [3.05, 3.63) is 71.8 Å². The Labute approximate surface area is 218 Å². The molecular weight excluding hydrogens is 484 g/mol. The second kappa shape index (κ2) is 10.6. The van der Waals surface area contributed by atoms with Gasteiger partial charge in [-0.1, -0.05) is 25.5 Å². The first-order chi connectivity index (χ1) is 17.9. The summed E-state index contributed by atoms with van der Waals surface area (Å²) in [6, 6.07) is 18.8. The molecule has 0 saturated heterocycles. The van der Waals surface area contributed by atoms with Gasteiger partial charge in [0.1, 0.15) is 5.75 Å². The summed E-state index contributed by atoms with van der Waals surface area (Å²) in [5, 5.41) is 5.09. The van der Waals surface area contributed by atoms with Crippen molar-refractivity contribution in [1.29, 1.82) is 0 Å². The molecule has 1 heterocycles. The van der Waals surface area contributed by atoms with Crippen molar-refractivity contribution in [1.82, 2.24) is 9.88 Å². The van der Waals surface area contributed by atoms with Crippen LogP contribution in [0.15, 0.2) is 65.6 Å². The molecule has 0 spiro atoms. The molecule has 194 valence electrons. The molecule has 0 bridgehead atoms. The largest absolute Gasteiger partial charge is 0.490 e. The summed E-state index contributed by atoms with van der Waals surface area (Å²) < 4.78 is 32.7. The standard InChI is InChI=1S/C30H34N2O4S/c1-3-32-28-16-12-22(30(33)31-20-21-10-14-25(15-11-21)37(34,35)4-2)18-26(28)27-19-24(13-17-29(27)32)36-23-8-6-5-7-9-23/h10-19,23H,3-9,20H2,1-2H3,(H,31,33). The minimum absolute atomic E-state index is 0.0637. The number of nitrogens with one attached hydrogen (secondary N) is 1. The fourth-order valence-corrected chi connectivity index (χ4v) is 6.16. The third-order valence-corrected chi connectivity index (χ3v) is 9.14. The van der Waals surface area contributed by atoms with Crippen molar-refractivity contribution in [2.45, 2.75) is 70.0 Å². The predicted molar refractivity (Wildman–Crippen MR) is 148 cm³/mol. The number of rotatable bonds is 8. The molecule has 1 saturated carbocycles. The highest BCUT2D eigenvalue weighted by Crippen LogP contribution is 2.34. The van der Waals surface area contributed by atoms with Crippen LogP contribution in [0.4, 0.5) is 0 Å². The average molecular weight is 519 g/mol. The molecule has 5 rings (SSSR count). The fraction of sp³-hybridized carbons (Fsp3) is 0.367. The Balaban J connectivity index is 1.38. The third-order valence-electron chi connectivity index (χ3n) is 7.39. The molecule has 1 aromatic heterocycles. The van der Waals surface area contributed by atoms with Crippen molar-refractivity contribution in [2.75, 3.05) is 5.75 Å². The van der Waals surface area contributed by atoms with Gasteiger partial charge >= 0.3 is 0 Å². The van der Waals surface area contributed by atoms with Gasteiger partial charge in [0.2, 0.25) is 0 Å². The van der Waals surface area contributed by atoms with Crippen molar-refractivity contribution >= 4 is 37.6 Å². The summed E-state index contributed by atoms with van der Waals surface area (Å²) in [6.45, 7) is 4.91. The SMILES string of the molecule is CCn1c2ccc(OC3CCCCC3)cc2c2cc(C(=O)NCc3ccc(S(=O)(=O)CC)cc3)ccc21. The number of fused-ring (bicyclic) bond motifs is 3. The van der Waals surface area contributed by atoms with Crippen LogP contribution in [0, 0.1) is 0 Å². The van der Waals surface area contributed by atoms with Crippen molar-refractivity contribution in [2.24, 2.45) is 0 Å². The monoisotopic (exact) mass is 518 g/mol. The highest BCUT2D eigenvalue weighted by molar-refractivity contribution is 7.91. The molecule has 1 aliphatic carbocycles. The van der Waals surface area contributed by atoms with Gasteiger partial charge < -0.3 is 14.6 Å². The number of carbonyl (C=O) groups is 1. The van der Waals surface area contributed by atoms with Gasteiger partial charge in [-0.15, -0.1) is 0 Å². The van der Waals surface area contributed by atoms with E-state index in [1.54, 1.807) is 31.2 Å². The molecule has 0 unspecified atom stereocenters. The Kier molecular flexibility index (Phi) is 7.24. The number of aryl methyl sites for hydroxylation is 1. The minimum Gasteiger partial charge on any atom is -0.490 e. The summed E-state index contributed by atoms with van der Waals surface area (Å²) in [5.41, 5.74) is 3.66. The van der Waals surface area contributed by atoms with Crippen LogP contribution in [-0.2, 0) is 22.9 Å². The molecule has 37 heavy (non-hydrogen) atoms. The van der Waals surface area contributed by atoms with Gasteiger partial charge in [0.15, 0.2) is 9.84 Å². The fourth-order valence-electron chi connectivity index (χ4n) is 5.28. The van der Waals surface area contributed by atoms with E-state index < -0.39 is 9.84 Å². The van der Waals surface area contributed by atoms with Crippen LogP contribution in [0.25, 0.3) is 21.8 Å². The number of sulfone groups is 1. The quantitative estimate of drug-likeness (QED) is 0.299. The van der Waals surface area contributed by atoms with Crippen LogP contribution in [-0.4, -0.2) is 30.7 Å². The van der Waals surface area contributed by atoms with Gasteiger partial charge in [0, 0.05) is 40.5 Å². The minimum atomic E-state index is -3.24. The molecule has 1 fully saturated rings. The number of aromatic nitrogens is 1. The van der Waals surface area contributed by atoms with Gasteiger partial charge in [-0.25, -0.2) is 8.42 Å². The molecule has 7 heteroatoms.